The number of benzene rings is 1. The molecule has 10 heteroatoms. The third-order valence-corrected chi connectivity index (χ3v) is 6.94. The quantitative estimate of drug-likeness (QED) is 0.360. The second-order valence-electron chi connectivity index (χ2n) is 9.00. The molecule has 0 spiro atoms. The van der Waals surface area contributed by atoms with Crippen LogP contribution in [0.2, 0.25) is 0 Å². The number of aliphatic hydroxyl groups excluding tert-OH is 2. The number of fused-ring (bicyclic) bond motifs is 3. The number of nitrogens with two attached hydrogens (primary N) is 1. The fraction of sp³-hybridized carbons (Fsp3) is 0.333. The zero-order valence-electron chi connectivity index (χ0n) is 18.3. The standard InChI is InChI=1S/C24H24N6O4/c25-22-15-5-6-30(24(15)27-11-26-22)17-8-14(20(32)21(17)33)4-2-12-1-3-13-9-18-23(28-16(13)7-12)29-19(31)10-34-18/h1,3,5-7,9,11,14,17,20-21,32-33H,2,4,8,10H2,(H2,25,26,27)(H,28,29,31)/t14-,17+,20+,21-/m0/s1. The molecular formula is C24H24N6O4. The molecule has 34 heavy (non-hydrogen) atoms. The Morgan fingerprint density at radius 1 is 1.18 bits per heavy atom. The molecule has 2 aliphatic rings. The van der Waals surface area contributed by atoms with Crippen molar-refractivity contribution in [3.63, 3.8) is 0 Å². The van der Waals surface area contributed by atoms with Crippen molar-refractivity contribution in [2.24, 2.45) is 5.92 Å². The van der Waals surface area contributed by atoms with Crippen LogP contribution in [-0.4, -0.2) is 54.5 Å². The molecule has 1 fully saturated rings. The third kappa shape index (κ3) is 3.42. The molecule has 1 aliphatic heterocycles. The van der Waals surface area contributed by atoms with Crippen molar-refractivity contribution >= 4 is 39.5 Å². The number of nitrogens with one attached hydrogen (secondary N) is 1. The molecule has 1 aliphatic carbocycles. The van der Waals surface area contributed by atoms with Crippen molar-refractivity contribution in [1.82, 2.24) is 19.5 Å². The summed E-state index contributed by atoms with van der Waals surface area (Å²) in [6.07, 6.45) is 3.58. The second-order valence-corrected chi connectivity index (χ2v) is 9.00. The van der Waals surface area contributed by atoms with Gasteiger partial charge in [0.2, 0.25) is 0 Å². The molecule has 1 saturated carbocycles. The van der Waals surface area contributed by atoms with Crippen molar-refractivity contribution in [2.75, 3.05) is 17.7 Å². The fourth-order valence-electron chi connectivity index (χ4n) is 5.13. The molecule has 1 aromatic carbocycles. The minimum atomic E-state index is -0.898. The summed E-state index contributed by atoms with van der Waals surface area (Å²) in [6, 6.07) is 9.43. The Labute approximate surface area is 194 Å². The number of rotatable bonds is 4. The third-order valence-electron chi connectivity index (χ3n) is 6.94. The van der Waals surface area contributed by atoms with Crippen molar-refractivity contribution in [3.8, 4) is 5.75 Å². The van der Waals surface area contributed by atoms with Crippen LogP contribution in [0.1, 0.15) is 24.4 Å². The molecule has 4 aromatic rings. The van der Waals surface area contributed by atoms with E-state index < -0.39 is 12.2 Å². The minimum Gasteiger partial charge on any atom is -0.480 e. The van der Waals surface area contributed by atoms with E-state index in [-0.39, 0.29) is 24.5 Å². The highest BCUT2D eigenvalue weighted by Crippen LogP contribution is 2.40. The van der Waals surface area contributed by atoms with E-state index in [1.807, 2.05) is 41.1 Å². The average molecular weight is 460 g/mol. The molecule has 174 valence electrons. The van der Waals surface area contributed by atoms with Crippen LogP contribution in [0.15, 0.2) is 42.9 Å². The Balaban J connectivity index is 1.20. The smallest absolute Gasteiger partial charge is 0.263 e. The van der Waals surface area contributed by atoms with E-state index in [1.54, 1.807) is 0 Å². The number of ether oxygens (including phenoxy) is 1. The van der Waals surface area contributed by atoms with E-state index in [4.69, 9.17) is 10.5 Å². The lowest BCUT2D eigenvalue weighted by molar-refractivity contribution is -0.118. The van der Waals surface area contributed by atoms with Gasteiger partial charge in [-0.2, -0.15) is 0 Å². The van der Waals surface area contributed by atoms with Crippen molar-refractivity contribution in [1.29, 1.82) is 0 Å². The summed E-state index contributed by atoms with van der Waals surface area (Å²) in [4.78, 5) is 24.5. The summed E-state index contributed by atoms with van der Waals surface area (Å²) in [5.41, 5.74) is 8.44. The first-order chi connectivity index (χ1) is 16.5. The van der Waals surface area contributed by atoms with Crippen molar-refractivity contribution in [2.45, 2.75) is 37.5 Å². The molecule has 4 heterocycles. The van der Waals surface area contributed by atoms with Gasteiger partial charge in [-0.15, -0.1) is 0 Å². The number of nitrogen functional groups attached to an aromatic ring is 1. The first-order valence-corrected chi connectivity index (χ1v) is 11.3. The molecule has 0 saturated heterocycles. The molecule has 4 atom stereocenters. The predicted octanol–water partition coefficient (Wildman–Crippen LogP) is 1.81. The molecule has 0 unspecified atom stereocenters. The van der Waals surface area contributed by atoms with Gasteiger partial charge in [0.25, 0.3) is 5.91 Å². The number of aryl methyl sites for hydroxylation is 1. The monoisotopic (exact) mass is 460 g/mol. The summed E-state index contributed by atoms with van der Waals surface area (Å²) in [6.45, 7) is -0.00598. The maximum atomic E-state index is 11.6. The summed E-state index contributed by atoms with van der Waals surface area (Å²) < 4.78 is 7.33. The van der Waals surface area contributed by atoms with Crippen molar-refractivity contribution in [3.05, 3.63) is 48.4 Å². The first kappa shape index (κ1) is 20.8. The molecule has 0 radical (unpaired) electrons. The van der Waals surface area contributed by atoms with E-state index in [2.05, 4.69) is 20.3 Å². The van der Waals surface area contributed by atoms with Gasteiger partial charge in [0.15, 0.2) is 18.2 Å². The maximum absolute atomic E-state index is 11.6. The maximum Gasteiger partial charge on any atom is 0.263 e. The Kier molecular flexibility index (Phi) is 4.85. The largest absolute Gasteiger partial charge is 0.480 e. The van der Waals surface area contributed by atoms with Gasteiger partial charge >= 0.3 is 0 Å². The van der Waals surface area contributed by atoms with Gasteiger partial charge in [-0.3, -0.25) is 4.79 Å². The highest BCUT2D eigenvalue weighted by Gasteiger charge is 2.42. The van der Waals surface area contributed by atoms with Crippen LogP contribution < -0.4 is 15.8 Å². The number of aromatic nitrogens is 4. The highest BCUT2D eigenvalue weighted by molar-refractivity contribution is 5.96. The minimum absolute atomic E-state index is 0.00598. The van der Waals surface area contributed by atoms with Gasteiger partial charge < -0.3 is 30.6 Å². The number of carbonyl (C=O) groups excluding carboxylic acids is 1. The number of aliphatic hydroxyl groups is 2. The van der Waals surface area contributed by atoms with Crippen LogP contribution in [0.5, 0.6) is 5.75 Å². The van der Waals surface area contributed by atoms with Gasteiger partial charge in [0, 0.05) is 11.6 Å². The van der Waals surface area contributed by atoms with Crippen LogP contribution in [0.3, 0.4) is 0 Å². The first-order valence-electron chi connectivity index (χ1n) is 11.3. The highest BCUT2D eigenvalue weighted by atomic mass is 16.5. The Hall–Kier alpha value is -3.76. The van der Waals surface area contributed by atoms with Gasteiger partial charge in [-0.1, -0.05) is 12.1 Å². The zero-order valence-corrected chi connectivity index (χ0v) is 18.3. The molecule has 6 rings (SSSR count). The summed E-state index contributed by atoms with van der Waals surface area (Å²) >= 11 is 0. The molecule has 3 aromatic heterocycles. The summed E-state index contributed by atoms with van der Waals surface area (Å²) in [5, 5.41) is 26.0. The summed E-state index contributed by atoms with van der Waals surface area (Å²) in [5.74, 6) is 1.10. The number of nitrogens with zero attached hydrogens (tertiary/aromatic N) is 4. The molecule has 1 amide bonds. The van der Waals surface area contributed by atoms with E-state index in [1.165, 1.54) is 6.33 Å². The lowest BCUT2D eigenvalue weighted by Gasteiger charge is -2.19. The predicted molar refractivity (Wildman–Crippen MR) is 125 cm³/mol. The number of carbonyl (C=O) groups is 1. The number of hydrogen-bond donors (Lipinski definition) is 4. The van der Waals surface area contributed by atoms with Gasteiger partial charge in [-0.05, 0) is 48.9 Å². The normalized spacial score (nSPS) is 24.2. The second kappa shape index (κ2) is 7.93. The van der Waals surface area contributed by atoms with E-state index >= 15 is 0 Å². The lowest BCUT2D eigenvalue weighted by atomic mass is 9.95. The van der Waals surface area contributed by atoms with Gasteiger partial charge in [0.1, 0.15) is 23.9 Å². The number of anilines is 2. The molecular weight excluding hydrogens is 436 g/mol. The lowest BCUT2D eigenvalue weighted by Crippen LogP contribution is -2.29. The SMILES string of the molecule is Nc1ncnc2c1ccn2[C@@H]1C[C@H](CCc2ccc3cc4c(nc3c2)NC(=O)CO4)[C@@H](O)[C@H]1O. The Morgan fingerprint density at radius 3 is 2.94 bits per heavy atom. The topological polar surface area (TPSA) is 148 Å². The summed E-state index contributed by atoms with van der Waals surface area (Å²) in [7, 11) is 0. The molecule has 5 N–H and O–H groups in total. The average Bonchev–Trinajstić information content (AvgIpc) is 3.38. The Bertz CT molecular complexity index is 1420. The van der Waals surface area contributed by atoms with Crippen LogP contribution >= 0.6 is 0 Å². The van der Waals surface area contributed by atoms with E-state index in [9.17, 15) is 15.0 Å². The number of hydrogen-bond acceptors (Lipinski definition) is 8. The molecule has 0 bridgehead atoms. The Morgan fingerprint density at radius 2 is 2.06 bits per heavy atom. The van der Waals surface area contributed by atoms with Crippen LogP contribution in [-0.2, 0) is 11.2 Å². The van der Waals surface area contributed by atoms with E-state index in [0.29, 0.717) is 35.9 Å². The molecule has 10 nitrogen and oxygen atoms in total. The van der Waals surface area contributed by atoms with Gasteiger partial charge in [0.05, 0.1) is 23.0 Å². The zero-order chi connectivity index (χ0) is 23.4. The van der Waals surface area contributed by atoms with Crippen molar-refractivity contribution < 1.29 is 19.7 Å². The number of pyridine rings is 1. The van der Waals surface area contributed by atoms with Crippen LogP contribution in [0.4, 0.5) is 11.6 Å². The van der Waals surface area contributed by atoms with Gasteiger partial charge in [-0.25, -0.2) is 15.0 Å². The van der Waals surface area contributed by atoms with Crippen LogP contribution in [0, 0.1) is 5.92 Å². The van der Waals surface area contributed by atoms with E-state index in [0.717, 1.165) is 28.3 Å². The van der Waals surface area contributed by atoms with Crippen LogP contribution in [0.25, 0.3) is 21.9 Å². The fourth-order valence-corrected chi connectivity index (χ4v) is 5.13. The number of amides is 1.